The molecule has 16 heavy (non-hydrogen) atoms. The van der Waals surface area contributed by atoms with Gasteiger partial charge in [-0.1, -0.05) is 23.8 Å². The number of carbonyl (C=O) groups is 1. The summed E-state index contributed by atoms with van der Waals surface area (Å²) >= 11 is 0. The lowest BCUT2D eigenvalue weighted by atomic mass is 9.99. The Morgan fingerprint density at radius 1 is 1.31 bits per heavy atom. The van der Waals surface area contributed by atoms with Gasteiger partial charge < -0.3 is 5.11 Å². The zero-order valence-corrected chi connectivity index (χ0v) is 10.2. The van der Waals surface area contributed by atoms with E-state index in [-0.39, 0.29) is 6.04 Å². The Kier molecular flexibility index (Phi) is 4.07. The van der Waals surface area contributed by atoms with Crippen molar-refractivity contribution in [1.82, 2.24) is 5.32 Å². The number of carboxylic acids is 1. The van der Waals surface area contributed by atoms with E-state index in [0.717, 1.165) is 5.56 Å². The molecule has 1 rings (SSSR count). The number of carboxylic acid groups (broad SMARTS) is 1. The van der Waals surface area contributed by atoms with Crippen molar-refractivity contribution in [2.75, 3.05) is 0 Å². The number of rotatable bonds is 4. The van der Waals surface area contributed by atoms with Gasteiger partial charge in [-0.15, -0.1) is 0 Å². The van der Waals surface area contributed by atoms with Gasteiger partial charge in [-0.3, -0.25) is 10.1 Å². The monoisotopic (exact) mass is 221 g/mol. The van der Waals surface area contributed by atoms with E-state index in [4.69, 9.17) is 5.11 Å². The molecule has 88 valence electrons. The molecule has 0 saturated heterocycles. The molecule has 1 aromatic rings. The zero-order chi connectivity index (χ0) is 12.3. The molecule has 0 aliphatic carbocycles. The van der Waals surface area contributed by atoms with E-state index in [1.807, 2.05) is 20.8 Å². The highest BCUT2D eigenvalue weighted by atomic mass is 16.4. The highest BCUT2D eigenvalue weighted by molar-refractivity contribution is 5.72. The number of hydrogen-bond donors (Lipinski definition) is 2. The molecule has 0 amide bonds. The maximum Gasteiger partial charge on any atom is 0.320 e. The van der Waals surface area contributed by atoms with Gasteiger partial charge in [-0.25, -0.2) is 0 Å². The van der Waals surface area contributed by atoms with Gasteiger partial charge in [0.15, 0.2) is 0 Å². The fourth-order valence-electron chi connectivity index (χ4n) is 1.76. The lowest BCUT2D eigenvalue weighted by molar-refractivity contribution is -0.139. The summed E-state index contributed by atoms with van der Waals surface area (Å²) in [7, 11) is 0. The van der Waals surface area contributed by atoms with E-state index in [2.05, 4.69) is 23.5 Å². The summed E-state index contributed by atoms with van der Waals surface area (Å²) < 4.78 is 0. The lowest BCUT2D eigenvalue weighted by Gasteiger charge is -2.19. The van der Waals surface area contributed by atoms with Gasteiger partial charge in [0.1, 0.15) is 6.04 Å². The van der Waals surface area contributed by atoms with Crippen LogP contribution in [0.3, 0.4) is 0 Å². The normalized spacial score (nSPS) is 14.5. The van der Waals surface area contributed by atoms with Gasteiger partial charge in [-0.05, 0) is 38.8 Å². The van der Waals surface area contributed by atoms with E-state index in [9.17, 15) is 4.79 Å². The summed E-state index contributed by atoms with van der Waals surface area (Å²) in [6.07, 6.45) is 0. The molecule has 0 saturated carbocycles. The number of benzene rings is 1. The Hall–Kier alpha value is -1.35. The van der Waals surface area contributed by atoms with Gasteiger partial charge in [-0.2, -0.15) is 0 Å². The van der Waals surface area contributed by atoms with E-state index < -0.39 is 12.0 Å². The molecular weight excluding hydrogens is 202 g/mol. The summed E-state index contributed by atoms with van der Waals surface area (Å²) in [5.41, 5.74) is 3.54. The molecule has 0 aromatic heterocycles. The molecule has 3 heteroatoms. The molecule has 2 N–H and O–H groups in total. The minimum Gasteiger partial charge on any atom is -0.480 e. The maximum atomic E-state index is 10.8. The zero-order valence-electron chi connectivity index (χ0n) is 10.2. The van der Waals surface area contributed by atoms with E-state index >= 15 is 0 Å². The topological polar surface area (TPSA) is 49.3 Å². The fraction of sp³-hybridized carbons (Fsp3) is 0.462. The molecule has 3 nitrogen and oxygen atoms in total. The van der Waals surface area contributed by atoms with Gasteiger partial charge in [0, 0.05) is 6.04 Å². The molecule has 0 heterocycles. The number of aliphatic carboxylic acids is 1. The average molecular weight is 221 g/mol. The van der Waals surface area contributed by atoms with Crippen LogP contribution in [0.15, 0.2) is 18.2 Å². The van der Waals surface area contributed by atoms with Crippen molar-refractivity contribution in [2.45, 2.75) is 39.8 Å². The summed E-state index contributed by atoms with van der Waals surface area (Å²) in [5.74, 6) is -0.822. The molecule has 0 bridgehead atoms. The first kappa shape index (κ1) is 12.7. The number of nitrogens with one attached hydrogen (secondary N) is 1. The molecule has 2 atom stereocenters. The van der Waals surface area contributed by atoms with Crippen LogP contribution in [0.2, 0.25) is 0 Å². The summed E-state index contributed by atoms with van der Waals surface area (Å²) in [4.78, 5) is 10.8. The van der Waals surface area contributed by atoms with Gasteiger partial charge in [0.05, 0.1) is 0 Å². The number of aryl methyl sites for hydroxylation is 2. The predicted octanol–water partition coefficient (Wildman–Crippen LogP) is 2.43. The Bertz CT molecular complexity index is 388. The lowest BCUT2D eigenvalue weighted by Crippen LogP contribution is -2.35. The molecule has 0 aliphatic heterocycles. The smallest absolute Gasteiger partial charge is 0.320 e. The fourth-order valence-corrected chi connectivity index (χ4v) is 1.76. The third kappa shape index (κ3) is 3.07. The minimum atomic E-state index is -0.822. The van der Waals surface area contributed by atoms with Crippen LogP contribution in [0.4, 0.5) is 0 Å². The standard InChI is InChI=1S/C13H19NO2/c1-8-5-6-9(2)12(7-8)10(3)14-11(4)13(15)16/h5-7,10-11,14H,1-4H3,(H,15,16). The molecule has 0 fully saturated rings. The minimum absolute atomic E-state index is 0.0472. The summed E-state index contributed by atoms with van der Waals surface area (Å²) in [5, 5.41) is 11.9. The van der Waals surface area contributed by atoms with Crippen LogP contribution in [-0.4, -0.2) is 17.1 Å². The van der Waals surface area contributed by atoms with Gasteiger partial charge in [0.25, 0.3) is 0 Å². The van der Waals surface area contributed by atoms with Crippen LogP contribution in [0.5, 0.6) is 0 Å². The summed E-state index contributed by atoms with van der Waals surface area (Å²) in [6, 6.07) is 5.74. The molecule has 1 aromatic carbocycles. The first-order chi connectivity index (χ1) is 7.41. The number of hydrogen-bond acceptors (Lipinski definition) is 2. The van der Waals surface area contributed by atoms with Crippen molar-refractivity contribution in [3.63, 3.8) is 0 Å². The van der Waals surface area contributed by atoms with Crippen molar-refractivity contribution in [3.8, 4) is 0 Å². The highest BCUT2D eigenvalue weighted by Crippen LogP contribution is 2.19. The second kappa shape index (κ2) is 5.12. The Morgan fingerprint density at radius 3 is 2.50 bits per heavy atom. The van der Waals surface area contributed by atoms with Crippen molar-refractivity contribution in [2.24, 2.45) is 0 Å². The third-order valence-electron chi connectivity index (χ3n) is 2.77. The average Bonchev–Trinajstić information content (AvgIpc) is 2.21. The second-order valence-electron chi connectivity index (χ2n) is 4.31. The second-order valence-corrected chi connectivity index (χ2v) is 4.31. The molecule has 0 spiro atoms. The summed E-state index contributed by atoms with van der Waals surface area (Å²) in [6.45, 7) is 7.72. The van der Waals surface area contributed by atoms with Crippen LogP contribution in [0.25, 0.3) is 0 Å². The third-order valence-corrected chi connectivity index (χ3v) is 2.77. The van der Waals surface area contributed by atoms with Crippen molar-refractivity contribution in [3.05, 3.63) is 34.9 Å². The van der Waals surface area contributed by atoms with Crippen molar-refractivity contribution in [1.29, 1.82) is 0 Å². The van der Waals surface area contributed by atoms with Crippen LogP contribution in [0.1, 0.15) is 36.6 Å². The molecule has 2 unspecified atom stereocenters. The van der Waals surface area contributed by atoms with Crippen LogP contribution in [0, 0.1) is 13.8 Å². The Labute approximate surface area is 96.5 Å². The Morgan fingerprint density at radius 2 is 1.94 bits per heavy atom. The van der Waals surface area contributed by atoms with E-state index in [1.54, 1.807) is 6.92 Å². The molecule has 0 radical (unpaired) electrons. The Balaban J connectivity index is 2.83. The van der Waals surface area contributed by atoms with Crippen molar-refractivity contribution < 1.29 is 9.90 Å². The predicted molar refractivity (Wildman–Crippen MR) is 64.6 cm³/mol. The van der Waals surface area contributed by atoms with Crippen molar-refractivity contribution >= 4 is 5.97 Å². The maximum absolute atomic E-state index is 10.8. The van der Waals surface area contributed by atoms with Crippen LogP contribution in [-0.2, 0) is 4.79 Å². The van der Waals surface area contributed by atoms with Crippen LogP contribution >= 0.6 is 0 Å². The van der Waals surface area contributed by atoms with E-state index in [0.29, 0.717) is 0 Å². The SMILES string of the molecule is Cc1ccc(C)c(C(C)NC(C)C(=O)O)c1. The van der Waals surface area contributed by atoms with Gasteiger partial charge in [0.2, 0.25) is 0 Å². The van der Waals surface area contributed by atoms with Crippen LogP contribution < -0.4 is 5.32 Å². The molecular formula is C13H19NO2. The largest absolute Gasteiger partial charge is 0.480 e. The van der Waals surface area contributed by atoms with E-state index in [1.165, 1.54) is 11.1 Å². The first-order valence-corrected chi connectivity index (χ1v) is 5.48. The highest BCUT2D eigenvalue weighted by Gasteiger charge is 2.16. The quantitative estimate of drug-likeness (QED) is 0.821. The van der Waals surface area contributed by atoms with Gasteiger partial charge >= 0.3 is 5.97 Å². The first-order valence-electron chi connectivity index (χ1n) is 5.48. The molecule has 0 aliphatic rings.